The average molecular weight is 200 g/mol. The second-order valence-corrected chi connectivity index (χ2v) is 4.86. The maximum Gasteiger partial charge on any atom is 0.220 e. The van der Waals surface area contributed by atoms with Crippen LogP contribution in [0.5, 0.6) is 0 Å². The van der Waals surface area contributed by atoms with E-state index in [-0.39, 0.29) is 5.91 Å². The second-order valence-electron chi connectivity index (χ2n) is 3.78. The maximum absolute atomic E-state index is 10.9. The zero-order valence-electron chi connectivity index (χ0n) is 7.71. The summed E-state index contributed by atoms with van der Waals surface area (Å²) in [4.78, 5) is 10.9. The third-order valence-corrected chi connectivity index (χ3v) is 3.92. The lowest BCUT2D eigenvalue weighted by atomic mass is 10.1. The van der Waals surface area contributed by atoms with E-state index in [0.29, 0.717) is 6.04 Å². The molecular weight excluding hydrogens is 184 g/mol. The van der Waals surface area contributed by atoms with E-state index in [1.54, 1.807) is 0 Å². The largest absolute Gasteiger partial charge is 0.353 e. The van der Waals surface area contributed by atoms with Crippen molar-refractivity contribution in [2.75, 3.05) is 18.1 Å². The molecule has 4 heteroatoms. The summed E-state index contributed by atoms with van der Waals surface area (Å²) >= 11 is 2.00. The normalized spacial score (nSPS) is 28.6. The molecule has 2 N–H and O–H groups in total. The zero-order chi connectivity index (χ0) is 9.10. The number of hydrogen-bond acceptors (Lipinski definition) is 3. The number of amides is 1. The quantitative estimate of drug-likeness (QED) is 0.688. The van der Waals surface area contributed by atoms with Gasteiger partial charge in [-0.1, -0.05) is 0 Å². The maximum atomic E-state index is 10.9. The van der Waals surface area contributed by atoms with Crippen molar-refractivity contribution in [2.45, 2.75) is 31.3 Å². The van der Waals surface area contributed by atoms with Gasteiger partial charge in [-0.3, -0.25) is 4.79 Å². The van der Waals surface area contributed by atoms with E-state index in [4.69, 9.17) is 0 Å². The molecule has 13 heavy (non-hydrogen) atoms. The number of hydrogen-bond donors (Lipinski definition) is 2. The first-order chi connectivity index (χ1) is 6.34. The highest BCUT2D eigenvalue weighted by atomic mass is 32.2. The van der Waals surface area contributed by atoms with Crippen LogP contribution < -0.4 is 10.6 Å². The molecular formula is C9H16N2OS. The smallest absolute Gasteiger partial charge is 0.220 e. The molecule has 0 bridgehead atoms. The Bertz CT molecular complexity index is 194. The van der Waals surface area contributed by atoms with Crippen LogP contribution in [0, 0.1) is 0 Å². The Morgan fingerprint density at radius 1 is 1.54 bits per heavy atom. The third kappa shape index (κ3) is 2.61. The molecule has 1 atom stereocenters. The first-order valence-corrected chi connectivity index (χ1v) is 6.10. The number of nitrogens with one attached hydrogen (secondary N) is 2. The van der Waals surface area contributed by atoms with E-state index in [1.165, 1.54) is 11.5 Å². The molecule has 2 rings (SSSR count). The predicted octanol–water partition coefficient (Wildman–Crippen LogP) is 0.360. The molecule has 0 saturated carbocycles. The van der Waals surface area contributed by atoms with Crippen molar-refractivity contribution in [3.05, 3.63) is 0 Å². The highest BCUT2D eigenvalue weighted by molar-refractivity contribution is 8.00. The molecule has 0 aromatic rings. The fourth-order valence-corrected chi connectivity index (χ4v) is 2.42. The fourth-order valence-electron chi connectivity index (χ4n) is 1.71. The van der Waals surface area contributed by atoms with Gasteiger partial charge in [-0.05, 0) is 19.4 Å². The molecule has 2 saturated heterocycles. The summed E-state index contributed by atoms with van der Waals surface area (Å²) in [5.41, 5.74) is 0. The molecule has 3 nitrogen and oxygen atoms in total. The van der Waals surface area contributed by atoms with Crippen LogP contribution >= 0.6 is 11.8 Å². The van der Waals surface area contributed by atoms with Crippen molar-refractivity contribution < 1.29 is 4.79 Å². The minimum absolute atomic E-state index is 0.226. The number of carbonyl (C=O) groups excluding carboxylic acids is 1. The van der Waals surface area contributed by atoms with Crippen molar-refractivity contribution in [2.24, 2.45) is 0 Å². The predicted molar refractivity (Wildman–Crippen MR) is 54.9 cm³/mol. The lowest BCUT2D eigenvalue weighted by molar-refractivity contribution is -0.119. The fraction of sp³-hybridized carbons (Fsp3) is 0.889. The monoisotopic (exact) mass is 200 g/mol. The van der Waals surface area contributed by atoms with E-state index < -0.39 is 0 Å². The molecule has 2 aliphatic rings. The average Bonchev–Trinajstić information content (AvgIpc) is 2.42. The third-order valence-electron chi connectivity index (χ3n) is 2.65. The topological polar surface area (TPSA) is 41.1 Å². The first-order valence-electron chi connectivity index (χ1n) is 4.95. The molecule has 2 heterocycles. The molecule has 1 unspecified atom stereocenters. The highest BCUT2D eigenvalue weighted by Crippen LogP contribution is 2.17. The molecule has 1 amide bonds. The van der Waals surface area contributed by atoms with Crippen molar-refractivity contribution in [3.63, 3.8) is 0 Å². The summed E-state index contributed by atoms with van der Waals surface area (Å²) < 4.78 is 0. The molecule has 2 aliphatic heterocycles. The van der Waals surface area contributed by atoms with Crippen LogP contribution in [0.1, 0.15) is 19.3 Å². The Labute approximate surface area is 83.0 Å². The van der Waals surface area contributed by atoms with Crippen molar-refractivity contribution in [1.29, 1.82) is 0 Å². The molecule has 0 radical (unpaired) electrons. The van der Waals surface area contributed by atoms with Crippen LogP contribution in [0.3, 0.4) is 0 Å². The van der Waals surface area contributed by atoms with Gasteiger partial charge in [0.15, 0.2) is 0 Å². The van der Waals surface area contributed by atoms with Crippen LogP contribution in [0.25, 0.3) is 0 Å². The van der Waals surface area contributed by atoms with E-state index in [0.717, 1.165) is 31.8 Å². The molecule has 74 valence electrons. The Kier molecular flexibility index (Phi) is 3.11. The van der Waals surface area contributed by atoms with Crippen LogP contribution in [-0.4, -0.2) is 36.0 Å². The molecule has 0 spiro atoms. The van der Waals surface area contributed by atoms with Gasteiger partial charge < -0.3 is 10.6 Å². The number of carbonyl (C=O) groups is 1. The summed E-state index contributed by atoms with van der Waals surface area (Å²) in [5, 5.41) is 6.47. The Hall–Kier alpha value is -0.220. The van der Waals surface area contributed by atoms with E-state index >= 15 is 0 Å². The summed E-state index contributed by atoms with van der Waals surface area (Å²) in [6, 6.07) is 1.18. The van der Waals surface area contributed by atoms with Crippen molar-refractivity contribution in [3.8, 4) is 0 Å². The van der Waals surface area contributed by atoms with Gasteiger partial charge in [0.05, 0.1) is 0 Å². The Balaban J connectivity index is 1.54. The zero-order valence-corrected chi connectivity index (χ0v) is 8.53. The minimum atomic E-state index is 0.226. The summed E-state index contributed by atoms with van der Waals surface area (Å²) in [7, 11) is 0. The highest BCUT2D eigenvalue weighted by Gasteiger charge is 2.21. The second kappa shape index (κ2) is 4.33. The van der Waals surface area contributed by atoms with Gasteiger partial charge in [-0.25, -0.2) is 0 Å². The molecule has 2 fully saturated rings. The Morgan fingerprint density at radius 3 is 2.92 bits per heavy atom. The van der Waals surface area contributed by atoms with Gasteiger partial charge in [0.1, 0.15) is 0 Å². The molecule has 0 aliphatic carbocycles. The van der Waals surface area contributed by atoms with Gasteiger partial charge in [-0.15, -0.1) is 0 Å². The standard InChI is InChI=1S/C9H16N2OS/c12-9-2-1-7(11-9)3-4-10-8-5-13-6-8/h7-8,10H,1-6H2,(H,11,12). The summed E-state index contributed by atoms with van der Waals surface area (Å²) in [5.74, 6) is 2.75. The SMILES string of the molecule is O=C1CCC(CCNC2CSC2)N1. The lowest BCUT2D eigenvalue weighted by Crippen LogP contribution is -2.42. The Morgan fingerprint density at radius 2 is 2.38 bits per heavy atom. The van der Waals surface area contributed by atoms with Gasteiger partial charge in [-0.2, -0.15) is 11.8 Å². The molecule has 0 aromatic heterocycles. The van der Waals surface area contributed by atoms with Crippen LogP contribution in [-0.2, 0) is 4.79 Å². The van der Waals surface area contributed by atoms with Gasteiger partial charge in [0.25, 0.3) is 0 Å². The van der Waals surface area contributed by atoms with Gasteiger partial charge >= 0.3 is 0 Å². The summed E-state index contributed by atoms with van der Waals surface area (Å²) in [6.07, 6.45) is 2.84. The first kappa shape index (κ1) is 9.34. The van der Waals surface area contributed by atoms with Crippen LogP contribution in [0.2, 0.25) is 0 Å². The number of thioether (sulfide) groups is 1. The molecule has 0 aromatic carbocycles. The van der Waals surface area contributed by atoms with Crippen LogP contribution in [0.4, 0.5) is 0 Å². The van der Waals surface area contributed by atoms with Crippen molar-refractivity contribution in [1.82, 2.24) is 10.6 Å². The summed E-state index contributed by atoms with van der Waals surface area (Å²) in [6.45, 7) is 1.05. The number of rotatable bonds is 4. The van der Waals surface area contributed by atoms with Crippen molar-refractivity contribution >= 4 is 17.7 Å². The van der Waals surface area contributed by atoms with Gasteiger partial charge in [0, 0.05) is 30.0 Å². The van der Waals surface area contributed by atoms with Crippen LogP contribution in [0.15, 0.2) is 0 Å². The van der Waals surface area contributed by atoms with E-state index in [1.807, 2.05) is 11.8 Å². The van der Waals surface area contributed by atoms with E-state index in [9.17, 15) is 4.79 Å². The lowest BCUT2D eigenvalue weighted by Gasteiger charge is -2.26. The van der Waals surface area contributed by atoms with E-state index in [2.05, 4.69) is 10.6 Å². The van der Waals surface area contributed by atoms with Gasteiger partial charge in [0.2, 0.25) is 5.91 Å². The minimum Gasteiger partial charge on any atom is -0.353 e.